The molecule has 0 aromatic rings. The molecular weight excluding hydrogens is 169 g/mol. The SMILES string of the molecule is NC(=O)C(Cl)Br. The lowest BCUT2D eigenvalue weighted by Crippen LogP contribution is -2.17. The van der Waals surface area contributed by atoms with Gasteiger partial charge in [-0.05, 0) is 0 Å². The van der Waals surface area contributed by atoms with Gasteiger partial charge < -0.3 is 5.73 Å². The van der Waals surface area contributed by atoms with Crippen molar-refractivity contribution in [3.05, 3.63) is 0 Å². The molecule has 1 unspecified atom stereocenters. The molecule has 4 heteroatoms. The van der Waals surface area contributed by atoms with Gasteiger partial charge >= 0.3 is 0 Å². The van der Waals surface area contributed by atoms with Gasteiger partial charge in [-0.15, -0.1) is 0 Å². The fraction of sp³-hybridized carbons (Fsp3) is 0.500. The van der Waals surface area contributed by atoms with Gasteiger partial charge in [0.1, 0.15) is 0 Å². The Kier molecular flexibility index (Phi) is 2.52. The maximum Gasteiger partial charge on any atom is 0.246 e. The molecule has 0 aliphatic heterocycles. The zero-order chi connectivity index (χ0) is 5.15. The average molecular weight is 172 g/mol. The molecule has 0 aromatic heterocycles. The quantitative estimate of drug-likeness (QED) is 0.573. The van der Waals surface area contributed by atoms with Crippen molar-refractivity contribution in [1.29, 1.82) is 0 Å². The van der Waals surface area contributed by atoms with E-state index in [1.165, 1.54) is 0 Å². The molecule has 0 aliphatic rings. The van der Waals surface area contributed by atoms with Crippen LogP contribution in [0.5, 0.6) is 0 Å². The fourth-order valence-electron chi connectivity index (χ4n) is 0. The molecule has 0 spiro atoms. The molecule has 0 aliphatic carbocycles. The van der Waals surface area contributed by atoms with Crippen molar-refractivity contribution in [2.75, 3.05) is 0 Å². The van der Waals surface area contributed by atoms with Gasteiger partial charge in [0.25, 0.3) is 0 Å². The van der Waals surface area contributed by atoms with Crippen LogP contribution >= 0.6 is 27.5 Å². The van der Waals surface area contributed by atoms with Gasteiger partial charge in [-0.3, -0.25) is 4.79 Å². The number of primary amides is 1. The molecule has 0 saturated heterocycles. The molecule has 0 saturated carbocycles. The predicted molar refractivity (Wildman–Crippen MR) is 27.8 cm³/mol. The summed E-state index contributed by atoms with van der Waals surface area (Å²) in [6.07, 6.45) is 0. The van der Waals surface area contributed by atoms with Gasteiger partial charge in [-0.1, -0.05) is 27.5 Å². The number of rotatable bonds is 1. The van der Waals surface area contributed by atoms with Gasteiger partial charge in [0.05, 0.1) is 0 Å². The largest absolute Gasteiger partial charge is 0.368 e. The lowest BCUT2D eigenvalue weighted by Gasteiger charge is -1.86. The molecule has 0 heterocycles. The third-order valence-corrected chi connectivity index (χ3v) is 0.881. The Hall–Kier alpha value is 0.240. The summed E-state index contributed by atoms with van der Waals surface area (Å²) in [6.45, 7) is 0. The van der Waals surface area contributed by atoms with Crippen LogP contribution in [0.4, 0.5) is 0 Å². The summed E-state index contributed by atoms with van der Waals surface area (Å²) in [4.78, 5) is 9.74. The minimum Gasteiger partial charge on any atom is -0.368 e. The van der Waals surface area contributed by atoms with E-state index in [0.717, 1.165) is 0 Å². The highest BCUT2D eigenvalue weighted by Gasteiger charge is 2.01. The van der Waals surface area contributed by atoms with Crippen LogP contribution in [0.25, 0.3) is 0 Å². The summed E-state index contributed by atoms with van der Waals surface area (Å²) >= 11 is 7.78. The molecule has 2 N–H and O–H groups in total. The van der Waals surface area contributed by atoms with Crippen molar-refractivity contribution in [3.63, 3.8) is 0 Å². The highest BCUT2D eigenvalue weighted by Crippen LogP contribution is 2.00. The highest BCUT2D eigenvalue weighted by atomic mass is 79.9. The third-order valence-electron chi connectivity index (χ3n) is 0.215. The summed E-state index contributed by atoms with van der Waals surface area (Å²) in [5.41, 5.74) is 4.62. The molecule has 2 nitrogen and oxygen atoms in total. The Bertz CT molecular complexity index is 64.6. The predicted octanol–water partition coefficient (Wildman–Crippen LogP) is 0.431. The summed E-state index contributed by atoms with van der Waals surface area (Å²) in [5, 5.41) is 0. The van der Waals surface area contributed by atoms with Crippen LogP contribution in [-0.4, -0.2) is 10.2 Å². The van der Waals surface area contributed by atoms with Crippen LogP contribution in [0.3, 0.4) is 0 Å². The first-order valence-corrected chi connectivity index (χ1v) is 2.57. The van der Waals surface area contributed by atoms with E-state index < -0.39 is 10.2 Å². The van der Waals surface area contributed by atoms with E-state index in [4.69, 9.17) is 11.6 Å². The molecule has 6 heavy (non-hydrogen) atoms. The molecule has 0 aromatic carbocycles. The second kappa shape index (κ2) is 2.42. The van der Waals surface area contributed by atoms with E-state index in [1.54, 1.807) is 0 Å². The normalized spacial score (nSPS) is 13.7. The Morgan fingerprint density at radius 2 is 2.17 bits per heavy atom. The van der Waals surface area contributed by atoms with Crippen LogP contribution < -0.4 is 5.73 Å². The number of hydrogen-bond acceptors (Lipinski definition) is 1. The van der Waals surface area contributed by atoms with Gasteiger partial charge in [0.15, 0.2) is 4.29 Å². The molecule has 0 rings (SSSR count). The van der Waals surface area contributed by atoms with Crippen molar-refractivity contribution >= 4 is 33.4 Å². The van der Waals surface area contributed by atoms with Crippen LogP contribution in [0.2, 0.25) is 0 Å². The van der Waals surface area contributed by atoms with E-state index in [1.807, 2.05) is 0 Å². The lowest BCUT2D eigenvalue weighted by molar-refractivity contribution is -0.116. The second-order valence-electron chi connectivity index (χ2n) is 0.703. The minimum absolute atomic E-state index is 0.559. The van der Waals surface area contributed by atoms with Crippen molar-refractivity contribution in [2.45, 2.75) is 4.29 Å². The van der Waals surface area contributed by atoms with Gasteiger partial charge in [-0.2, -0.15) is 0 Å². The Labute approximate surface area is 48.8 Å². The highest BCUT2D eigenvalue weighted by molar-refractivity contribution is 9.10. The topological polar surface area (TPSA) is 43.1 Å². The average Bonchev–Trinajstić information content (AvgIpc) is 1.36. The van der Waals surface area contributed by atoms with Crippen molar-refractivity contribution in [3.8, 4) is 0 Å². The van der Waals surface area contributed by atoms with Gasteiger partial charge in [0.2, 0.25) is 5.91 Å². The van der Waals surface area contributed by atoms with Gasteiger partial charge in [0, 0.05) is 0 Å². The van der Waals surface area contributed by atoms with Crippen molar-refractivity contribution in [1.82, 2.24) is 0 Å². The Morgan fingerprint density at radius 1 is 2.00 bits per heavy atom. The summed E-state index contributed by atoms with van der Waals surface area (Å²) in [5.74, 6) is -0.559. The number of carbonyl (C=O) groups is 1. The van der Waals surface area contributed by atoms with Crippen LogP contribution in [0.1, 0.15) is 0 Å². The molecule has 1 atom stereocenters. The van der Waals surface area contributed by atoms with Crippen LogP contribution in [-0.2, 0) is 4.79 Å². The zero-order valence-electron chi connectivity index (χ0n) is 2.82. The summed E-state index contributed by atoms with van der Waals surface area (Å²) in [6, 6.07) is 0. The van der Waals surface area contributed by atoms with E-state index in [9.17, 15) is 4.79 Å². The maximum absolute atomic E-state index is 9.74. The van der Waals surface area contributed by atoms with Crippen LogP contribution in [0.15, 0.2) is 0 Å². The first-order valence-electron chi connectivity index (χ1n) is 1.22. The van der Waals surface area contributed by atoms with E-state index in [-0.39, 0.29) is 0 Å². The molecule has 0 fully saturated rings. The first-order chi connectivity index (χ1) is 2.64. The summed E-state index contributed by atoms with van der Waals surface area (Å²) in [7, 11) is 0. The Balaban J connectivity index is 3.26. The third kappa shape index (κ3) is 2.48. The maximum atomic E-state index is 9.74. The number of nitrogens with two attached hydrogens (primary N) is 1. The first kappa shape index (κ1) is 6.24. The summed E-state index contributed by atoms with van der Waals surface area (Å²) < 4.78 is -0.725. The molecule has 1 amide bonds. The number of amides is 1. The number of alkyl halides is 2. The van der Waals surface area contributed by atoms with E-state index in [0.29, 0.717) is 0 Å². The smallest absolute Gasteiger partial charge is 0.246 e. The fourth-order valence-corrected chi connectivity index (χ4v) is 0. The number of hydrogen-bond donors (Lipinski definition) is 1. The molecule has 0 bridgehead atoms. The molecular formula is C2H3BrClNO. The number of carbonyl (C=O) groups excluding carboxylic acids is 1. The molecule has 36 valence electrons. The van der Waals surface area contributed by atoms with Crippen LogP contribution in [0, 0.1) is 0 Å². The molecule has 0 radical (unpaired) electrons. The standard InChI is InChI=1S/C2H3BrClNO/c3-1(4)2(5)6/h1H,(H2,5,6). The van der Waals surface area contributed by atoms with Gasteiger partial charge in [-0.25, -0.2) is 0 Å². The van der Waals surface area contributed by atoms with Crippen molar-refractivity contribution < 1.29 is 4.79 Å². The lowest BCUT2D eigenvalue weighted by atomic mass is 10.8. The van der Waals surface area contributed by atoms with E-state index in [2.05, 4.69) is 21.7 Å². The number of halogens is 2. The minimum atomic E-state index is -0.725. The monoisotopic (exact) mass is 171 g/mol. The Morgan fingerprint density at radius 3 is 2.17 bits per heavy atom. The zero-order valence-corrected chi connectivity index (χ0v) is 5.16. The second-order valence-corrected chi connectivity index (χ2v) is 2.58. The van der Waals surface area contributed by atoms with E-state index >= 15 is 0 Å². The van der Waals surface area contributed by atoms with Crippen molar-refractivity contribution in [2.24, 2.45) is 5.73 Å².